The van der Waals surface area contributed by atoms with Crippen LogP contribution < -0.4 is 5.32 Å². The van der Waals surface area contributed by atoms with Crippen molar-refractivity contribution in [2.45, 2.75) is 71.0 Å². The number of aromatic nitrogens is 4. The van der Waals surface area contributed by atoms with Gasteiger partial charge in [0.2, 0.25) is 5.91 Å². The lowest BCUT2D eigenvalue weighted by atomic mass is 10.1. The molecule has 0 unspecified atom stereocenters. The van der Waals surface area contributed by atoms with Crippen LogP contribution in [0.15, 0.2) is 0 Å². The third kappa shape index (κ3) is 3.96. The van der Waals surface area contributed by atoms with E-state index in [4.69, 9.17) is 0 Å². The molecule has 3 rings (SSSR count). The number of aryl methyl sites for hydroxylation is 2. The predicted octanol–water partition coefficient (Wildman–Crippen LogP) is 3.14. The first-order valence-electron chi connectivity index (χ1n) is 8.85. The quantitative estimate of drug-likeness (QED) is 0.844. The monoisotopic (exact) mass is 369 g/mol. The first-order valence-corrected chi connectivity index (χ1v) is 8.85. The Kier molecular flexibility index (Phi) is 5.15. The second-order valence-electron chi connectivity index (χ2n) is 6.84. The van der Waals surface area contributed by atoms with E-state index in [1.165, 1.54) is 12.8 Å². The highest BCUT2D eigenvalue weighted by molar-refractivity contribution is 5.79. The van der Waals surface area contributed by atoms with Gasteiger partial charge >= 0.3 is 6.18 Å². The van der Waals surface area contributed by atoms with Gasteiger partial charge in [-0.25, -0.2) is 9.50 Å². The van der Waals surface area contributed by atoms with E-state index in [1.54, 1.807) is 13.8 Å². The molecule has 0 saturated heterocycles. The second-order valence-corrected chi connectivity index (χ2v) is 6.84. The van der Waals surface area contributed by atoms with E-state index >= 15 is 0 Å². The average Bonchev–Trinajstić information content (AvgIpc) is 2.82. The lowest BCUT2D eigenvalue weighted by molar-refractivity contribution is -0.144. The molecule has 2 heterocycles. The van der Waals surface area contributed by atoms with Crippen LogP contribution in [0.25, 0.3) is 5.78 Å². The summed E-state index contributed by atoms with van der Waals surface area (Å²) in [5.74, 6) is -1.48. The molecule has 1 N–H and O–H groups in total. The van der Waals surface area contributed by atoms with E-state index < -0.39 is 12.0 Å². The van der Waals surface area contributed by atoms with Gasteiger partial charge in [0.15, 0.2) is 0 Å². The van der Waals surface area contributed by atoms with Gasteiger partial charge in [-0.3, -0.25) is 4.79 Å². The van der Waals surface area contributed by atoms with E-state index in [2.05, 4.69) is 20.4 Å². The van der Waals surface area contributed by atoms with Crippen molar-refractivity contribution in [3.8, 4) is 0 Å². The Morgan fingerprint density at radius 2 is 1.81 bits per heavy atom. The second kappa shape index (κ2) is 7.20. The molecule has 0 bridgehead atoms. The summed E-state index contributed by atoms with van der Waals surface area (Å²) in [4.78, 5) is 20.0. The minimum atomic E-state index is -4.63. The van der Waals surface area contributed by atoms with Crippen molar-refractivity contribution in [2.75, 3.05) is 0 Å². The predicted molar refractivity (Wildman–Crippen MR) is 88.6 cm³/mol. The van der Waals surface area contributed by atoms with Gasteiger partial charge in [0.25, 0.3) is 11.6 Å². The highest BCUT2D eigenvalue weighted by Crippen LogP contribution is 2.27. The standard InChI is InChI=1S/C17H22F3N5O/c1-10-13(9-14(26)22-12-7-5-3-4-6-8-12)11(2)25-16(21-10)23-15(24-25)17(18,19)20/h12H,3-9H2,1-2H3,(H,22,26). The lowest BCUT2D eigenvalue weighted by Crippen LogP contribution is -2.35. The van der Waals surface area contributed by atoms with Crippen molar-refractivity contribution in [2.24, 2.45) is 0 Å². The maximum atomic E-state index is 12.8. The summed E-state index contributed by atoms with van der Waals surface area (Å²) in [6.45, 7) is 3.30. The average molecular weight is 369 g/mol. The van der Waals surface area contributed by atoms with E-state index in [-0.39, 0.29) is 24.1 Å². The van der Waals surface area contributed by atoms with E-state index in [9.17, 15) is 18.0 Å². The van der Waals surface area contributed by atoms with Gasteiger partial charge in [-0.1, -0.05) is 25.7 Å². The minimum Gasteiger partial charge on any atom is -0.353 e. The van der Waals surface area contributed by atoms with Gasteiger partial charge < -0.3 is 5.32 Å². The third-order valence-electron chi connectivity index (χ3n) is 4.86. The number of rotatable bonds is 3. The van der Waals surface area contributed by atoms with Gasteiger partial charge in [-0.2, -0.15) is 18.2 Å². The molecule has 1 saturated carbocycles. The summed E-state index contributed by atoms with van der Waals surface area (Å²) in [7, 11) is 0. The van der Waals surface area contributed by atoms with Crippen LogP contribution in [0.4, 0.5) is 13.2 Å². The number of hydrogen-bond acceptors (Lipinski definition) is 4. The molecule has 1 fully saturated rings. The van der Waals surface area contributed by atoms with Crippen LogP contribution in [-0.2, 0) is 17.4 Å². The Balaban J connectivity index is 1.81. The zero-order valence-electron chi connectivity index (χ0n) is 14.9. The Labute approximate surface area is 149 Å². The Hall–Kier alpha value is -2.19. The fourth-order valence-electron chi connectivity index (χ4n) is 3.45. The molecule has 1 amide bonds. The molecular formula is C17H22F3N5O. The van der Waals surface area contributed by atoms with Crippen LogP contribution in [0.2, 0.25) is 0 Å². The first kappa shape index (κ1) is 18.6. The summed E-state index contributed by atoms with van der Waals surface area (Å²) in [6, 6.07) is 0.172. The molecule has 6 nitrogen and oxygen atoms in total. The Morgan fingerprint density at radius 3 is 2.42 bits per heavy atom. The molecule has 2 aromatic rings. The number of carbonyl (C=O) groups is 1. The minimum absolute atomic E-state index is 0.0678. The van der Waals surface area contributed by atoms with E-state index in [0.717, 1.165) is 30.2 Å². The molecule has 0 aliphatic heterocycles. The van der Waals surface area contributed by atoms with Crippen LogP contribution >= 0.6 is 0 Å². The maximum absolute atomic E-state index is 12.8. The number of carbonyl (C=O) groups excluding carboxylic acids is 1. The first-order chi connectivity index (χ1) is 12.3. The number of alkyl halides is 3. The number of nitrogens with zero attached hydrogens (tertiary/aromatic N) is 4. The third-order valence-corrected chi connectivity index (χ3v) is 4.86. The highest BCUT2D eigenvalue weighted by atomic mass is 19.4. The summed E-state index contributed by atoms with van der Waals surface area (Å²) < 4.78 is 39.6. The summed E-state index contributed by atoms with van der Waals surface area (Å²) in [6.07, 6.45) is 1.98. The number of nitrogens with one attached hydrogen (secondary N) is 1. The van der Waals surface area contributed by atoms with Gasteiger partial charge in [-0.15, -0.1) is 5.10 Å². The van der Waals surface area contributed by atoms with Crippen LogP contribution in [0.1, 0.15) is 61.3 Å². The van der Waals surface area contributed by atoms with Crippen molar-refractivity contribution < 1.29 is 18.0 Å². The lowest BCUT2D eigenvalue weighted by Gasteiger charge is -2.17. The molecule has 9 heteroatoms. The highest BCUT2D eigenvalue weighted by Gasteiger charge is 2.37. The zero-order valence-corrected chi connectivity index (χ0v) is 14.9. The van der Waals surface area contributed by atoms with Crippen molar-refractivity contribution >= 4 is 11.7 Å². The molecule has 1 aliphatic rings. The molecule has 0 spiro atoms. The number of amides is 1. The molecule has 2 aromatic heterocycles. The summed E-state index contributed by atoms with van der Waals surface area (Å²) in [5.41, 5.74) is 1.53. The molecule has 0 aromatic carbocycles. The molecule has 1 aliphatic carbocycles. The Bertz CT molecular complexity index is 807. The normalized spacial score (nSPS) is 16.7. The molecule has 0 radical (unpaired) electrons. The molecule has 26 heavy (non-hydrogen) atoms. The van der Waals surface area contributed by atoms with Crippen molar-refractivity contribution in [3.63, 3.8) is 0 Å². The zero-order chi connectivity index (χ0) is 18.9. The van der Waals surface area contributed by atoms with Gasteiger partial charge in [-0.05, 0) is 26.7 Å². The van der Waals surface area contributed by atoms with Crippen molar-refractivity contribution in [1.29, 1.82) is 0 Å². The fourth-order valence-corrected chi connectivity index (χ4v) is 3.45. The number of halogens is 3. The van der Waals surface area contributed by atoms with Crippen molar-refractivity contribution in [1.82, 2.24) is 24.9 Å². The number of hydrogen-bond donors (Lipinski definition) is 1. The molecule has 0 atom stereocenters. The fraction of sp³-hybridized carbons (Fsp3) is 0.647. The topological polar surface area (TPSA) is 72.2 Å². The Morgan fingerprint density at radius 1 is 1.15 bits per heavy atom. The largest absolute Gasteiger partial charge is 0.453 e. The van der Waals surface area contributed by atoms with Crippen LogP contribution in [-0.4, -0.2) is 31.5 Å². The molecule has 142 valence electrons. The molecular weight excluding hydrogens is 347 g/mol. The van der Waals surface area contributed by atoms with Crippen LogP contribution in [0, 0.1) is 13.8 Å². The van der Waals surface area contributed by atoms with Gasteiger partial charge in [0.1, 0.15) is 0 Å². The van der Waals surface area contributed by atoms with Crippen molar-refractivity contribution in [3.05, 3.63) is 22.8 Å². The summed E-state index contributed by atoms with van der Waals surface area (Å²) >= 11 is 0. The van der Waals surface area contributed by atoms with E-state index in [1.807, 2.05) is 0 Å². The van der Waals surface area contributed by atoms with Crippen LogP contribution in [0.5, 0.6) is 0 Å². The van der Waals surface area contributed by atoms with Crippen LogP contribution in [0.3, 0.4) is 0 Å². The number of fused-ring (bicyclic) bond motifs is 1. The maximum Gasteiger partial charge on any atom is 0.453 e. The smallest absolute Gasteiger partial charge is 0.353 e. The SMILES string of the molecule is Cc1nc2nc(C(F)(F)F)nn2c(C)c1CC(=O)NC1CCCCCC1. The van der Waals surface area contributed by atoms with E-state index in [0.29, 0.717) is 17.0 Å². The van der Waals surface area contributed by atoms with Gasteiger partial charge in [0.05, 0.1) is 6.42 Å². The van der Waals surface area contributed by atoms with Gasteiger partial charge in [0, 0.05) is 23.0 Å². The summed E-state index contributed by atoms with van der Waals surface area (Å²) in [5, 5.41) is 6.55.